The number of hydrogen-bond donors (Lipinski definition) is 2. The predicted octanol–water partition coefficient (Wildman–Crippen LogP) is 6.18. The van der Waals surface area contributed by atoms with Crippen molar-refractivity contribution in [3.05, 3.63) is 69.6 Å². The molecular formula is C26H22ClFN4O4S. The van der Waals surface area contributed by atoms with Crippen molar-refractivity contribution in [3.63, 3.8) is 0 Å². The Bertz CT molecular complexity index is 1620. The van der Waals surface area contributed by atoms with Crippen molar-refractivity contribution < 1.29 is 23.1 Å². The molecule has 1 aromatic carbocycles. The van der Waals surface area contributed by atoms with Gasteiger partial charge < -0.3 is 24.0 Å². The van der Waals surface area contributed by atoms with Crippen LogP contribution in [0.4, 0.5) is 10.1 Å². The zero-order valence-corrected chi connectivity index (χ0v) is 21.6. The molecule has 37 heavy (non-hydrogen) atoms. The third-order valence-electron chi connectivity index (χ3n) is 6.68. The number of esters is 1. The second kappa shape index (κ2) is 9.11. The predicted molar refractivity (Wildman–Crippen MR) is 137 cm³/mol. The molecule has 1 aliphatic carbocycles. The van der Waals surface area contributed by atoms with Gasteiger partial charge in [0.25, 0.3) is 0 Å². The van der Waals surface area contributed by atoms with Gasteiger partial charge in [-0.05, 0) is 49.7 Å². The fourth-order valence-electron chi connectivity index (χ4n) is 4.99. The van der Waals surface area contributed by atoms with Crippen LogP contribution in [0.5, 0.6) is 0 Å². The molecule has 1 atom stereocenters. The molecule has 0 saturated heterocycles. The van der Waals surface area contributed by atoms with Crippen LogP contribution in [0.3, 0.4) is 0 Å². The van der Waals surface area contributed by atoms with Crippen LogP contribution in [0, 0.1) is 5.82 Å². The summed E-state index contributed by atoms with van der Waals surface area (Å²) in [6.45, 7) is 2.00. The van der Waals surface area contributed by atoms with E-state index in [1.54, 1.807) is 19.2 Å². The number of H-pyrrole nitrogens is 1. The minimum absolute atomic E-state index is 0.0314. The molecule has 2 aliphatic rings. The molecule has 0 spiro atoms. The van der Waals surface area contributed by atoms with E-state index in [0.29, 0.717) is 56.8 Å². The van der Waals surface area contributed by atoms with Crippen LogP contribution in [-0.4, -0.2) is 32.9 Å². The molecular weight excluding hydrogens is 519 g/mol. The van der Waals surface area contributed by atoms with Gasteiger partial charge in [0.05, 0.1) is 34.3 Å². The molecule has 8 nitrogen and oxygen atoms in total. The number of fused-ring (bicyclic) bond motifs is 2. The number of carbonyl (C=O) groups excluding carboxylic acids is 2. The highest BCUT2D eigenvalue weighted by Gasteiger charge is 2.39. The summed E-state index contributed by atoms with van der Waals surface area (Å²) in [6, 6.07) is 6.51. The second-order valence-electron chi connectivity index (χ2n) is 8.91. The standard InChI is InChI=1S/C26H22ClFN4O4S/c1-3-35-25(34)24-23-12(11-29-24)21(22-15(30-23)5-4-6-18(22)33)19-7-8-20(36-19)37-26-31-16-10-14(28)13(27)9-17(16)32(26)2/h7-11,21,29-30H,3-6H2,1-2H3. The van der Waals surface area contributed by atoms with Gasteiger partial charge in [-0.1, -0.05) is 11.6 Å². The summed E-state index contributed by atoms with van der Waals surface area (Å²) in [5.41, 5.74) is 4.32. The average molecular weight is 541 g/mol. The lowest BCUT2D eigenvalue weighted by Gasteiger charge is -2.31. The molecule has 4 aromatic rings. The molecule has 4 heterocycles. The molecule has 3 aromatic heterocycles. The fraction of sp³-hybridized carbons (Fsp3) is 0.269. The number of imidazole rings is 1. The highest BCUT2D eigenvalue weighted by atomic mass is 35.5. The van der Waals surface area contributed by atoms with Crippen molar-refractivity contribution >= 4 is 51.8 Å². The van der Waals surface area contributed by atoms with E-state index in [9.17, 15) is 14.0 Å². The highest BCUT2D eigenvalue weighted by Crippen LogP contribution is 2.47. The summed E-state index contributed by atoms with van der Waals surface area (Å²) < 4.78 is 27.2. The summed E-state index contributed by atoms with van der Waals surface area (Å²) in [7, 11) is 1.82. The van der Waals surface area contributed by atoms with Crippen molar-refractivity contribution in [2.75, 3.05) is 11.9 Å². The molecule has 1 unspecified atom stereocenters. The Kier molecular flexibility index (Phi) is 5.88. The Hall–Kier alpha value is -3.50. The number of benzene rings is 1. The van der Waals surface area contributed by atoms with Crippen molar-refractivity contribution in [3.8, 4) is 0 Å². The van der Waals surface area contributed by atoms with Crippen LogP contribution in [0.1, 0.15) is 53.9 Å². The number of allylic oxidation sites excluding steroid dienone is 2. The monoisotopic (exact) mass is 540 g/mol. The van der Waals surface area contributed by atoms with E-state index in [0.717, 1.165) is 17.7 Å². The van der Waals surface area contributed by atoms with Crippen LogP contribution < -0.4 is 5.32 Å². The lowest BCUT2D eigenvalue weighted by molar-refractivity contribution is -0.116. The van der Waals surface area contributed by atoms with Crippen LogP contribution in [0.2, 0.25) is 5.02 Å². The number of ether oxygens (including phenoxy) is 1. The molecule has 0 bridgehead atoms. The molecule has 0 radical (unpaired) electrons. The number of aromatic amines is 1. The molecule has 11 heteroatoms. The van der Waals surface area contributed by atoms with E-state index in [4.69, 9.17) is 20.8 Å². The Morgan fingerprint density at radius 3 is 3.00 bits per heavy atom. The second-order valence-corrected chi connectivity index (χ2v) is 10.3. The minimum Gasteiger partial charge on any atom is -0.461 e. The number of furan rings is 1. The zero-order chi connectivity index (χ0) is 25.8. The molecule has 190 valence electrons. The first-order chi connectivity index (χ1) is 17.9. The molecule has 1 aliphatic heterocycles. The van der Waals surface area contributed by atoms with Crippen molar-refractivity contribution in [2.24, 2.45) is 7.05 Å². The molecule has 0 amide bonds. The Morgan fingerprint density at radius 1 is 1.35 bits per heavy atom. The molecule has 0 fully saturated rings. The number of ketones is 1. The first-order valence-electron chi connectivity index (χ1n) is 11.9. The van der Waals surface area contributed by atoms with E-state index in [2.05, 4.69) is 15.3 Å². The quantitative estimate of drug-likeness (QED) is 0.291. The fourth-order valence-corrected chi connectivity index (χ4v) is 5.98. The maximum Gasteiger partial charge on any atom is 0.356 e. The van der Waals surface area contributed by atoms with E-state index >= 15 is 0 Å². The number of aromatic nitrogens is 3. The smallest absolute Gasteiger partial charge is 0.356 e. The zero-order valence-electron chi connectivity index (χ0n) is 20.0. The number of nitrogens with one attached hydrogen (secondary N) is 2. The SMILES string of the molecule is CCOC(=O)c1[nH]cc2c1NC1=C(C(=O)CCC1)C2c1ccc(Sc2nc3cc(F)c(Cl)cc3n2C)o1. The summed E-state index contributed by atoms with van der Waals surface area (Å²) in [6.07, 6.45) is 3.63. The van der Waals surface area contributed by atoms with Gasteiger partial charge >= 0.3 is 5.97 Å². The van der Waals surface area contributed by atoms with E-state index in [1.165, 1.54) is 17.8 Å². The summed E-state index contributed by atoms with van der Waals surface area (Å²) >= 11 is 7.24. The van der Waals surface area contributed by atoms with Crippen molar-refractivity contribution in [1.82, 2.24) is 14.5 Å². The topological polar surface area (TPSA) is 102 Å². The van der Waals surface area contributed by atoms with Gasteiger partial charge in [-0.3, -0.25) is 4.79 Å². The third-order valence-corrected chi connectivity index (χ3v) is 7.94. The summed E-state index contributed by atoms with van der Waals surface area (Å²) in [5.74, 6) is -0.824. The normalized spacial score (nSPS) is 17.1. The van der Waals surface area contributed by atoms with Gasteiger partial charge in [0, 0.05) is 42.6 Å². The summed E-state index contributed by atoms with van der Waals surface area (Å²) in [4.78, 5) is 33.2. The first-order valence-corrected chi connectivity index (χ1v) is 13.1. The number of aryl methyl sites for hydroxylation is 1. The van der Waals surface area contributed by atoms with Gasteiger partial charge in [0.2, 0.25) is 0 Å². The van der Waals surface area contributed by atoms with Gasteiger partial charge in [0.1, 0.15) is 17.3 Å². The molecule has 6 rings (SSSR count). The van der Waals surface area contributed by atoms with E-state index in [1.807, 2.05) is 23.7 Å². The third kappa shape index (κ3) is 3.95. The number of rotatable bonds is 5. The van der Waals surface area contributed by atoms with E-state index < -0.39 is 17.7 Å². The van der Waals surface area contributed by atoms with Crippen LogP contribution in [-0.2, 0) is 16.6 Å². The van der Waals surface area contributed by atoms with Crippen LogP contribution in [0.15, 0.2) is 56.4 Å². The lowest BCUT2D eigenvalue weighted by Crippen LogP contribution is -2.26. The van der Waals surface area contributed by atoms with Crippen molar-refractivity contribution in [1.29, 1.82) is 0 Å². The maximum atomic E-state index is 13.9. The van der Waals surface area contributed by atoms with Gasteiger partial charge in [-0.2, -0.15) is 0 Å². The number of hydrogen-bond acceptors (Lipinski definition) is 7. The Balaban J connectivity index is 1.39. The van der Waals surface area contributed by atoms with Gasteiger partial charge in [0.15, 0.2) is 16.0 Å². The number of Topliss-reactive ketones (excluding diaryl/α,β-unsaturated/α-hetero) is 1. The molecule has 2 N–H and O–H groups in total. The summed E-state index contributed by atoms with van der Waals surface area (Å²) in [5, 5.41) is 4.51. The number of carbonyl (C=O) groups is 2. The Labute approximate surface area is 220 Å². The minimum atomic E-state index is -0.527. The lowest BCUT2D eigenvalue weighted by atomic mass is 9.78. The van der Waals surface area contributed by atoms with Crippen molar-refractivity contribution in [2.45, 2.75) is 42.4 Å². The molecule has 0 saturated carbocycles. The van der Waals surface area contributed by atoms with Crippen LogP contribution >= 0.6 is 23.4 Å². The number of halogens is 2. The van der Waals surface area contributed by atoms with E-state index in [-0.39, 0.29) is 17.4 Å². The average Bonchev–Trinajstić information content (AvgIpc) is 3.58. The van der Waals surface area contributed by atoms with Crippen LogP contribution in [0.25, 0.3) is 11.0 Å². The first kappa shape index (κ1) is 23.9. The van der Waals surface area contributed by atoms with Gasteiger partial charge in [-0.25, -0.2) is 14.2 Å². The van der Waals surface area contributed by atoms with Gasteiger partial charge in [-0.15, -0.1) is 0 Å². The largest absolute Gasteiger partial charge is 0.461 e. The Morgan fingerprint density at radius 2 is 2.19 bits per heavy atom. The highest BCUT2D eigenvalue weighted by molar-refractivity contribution is 7.99. The number of anilines is 1. The number of nitrogens with zero attached hydrogens (tertiary/aromatic N) is 2. The maximum absolute atomic E-state index is 13.9.